The van der Waals surface area contributed by atoms with Crippen LogP contribution >= 0.6 is 0 Å². The number of likely N-dealkylation sites (N-methyl/N-ethyl adjacent to an activating group) is 1. The summed E-state index contributed by atoms with van der Waals surface area (Å²) in [6.07, 6.45) is 0.787. The lowest BCUT2D eigenvalue weighted by molar-refractivity contribution is -0.129. The number of nitrogens with two attached hydrogens (primary N) is 1. The highest BCUT2D eigenvalue weighted by molar-refractivity contribution is 5.84. The molecule has 1 saturated heterocycles. The minimum Gasteiger partial charge on any atom is -0.344 e. The Kier molecular flexibility index (Phi) is 3.07. The van der Waals surface area contributed by atoms with E-state index in [2.05, 4.69) is 0 Å². The second kappa shape index (κ2) is 4.08. The quantitative estimate of drug-likeness (QED) is 0.281. The van der Waals surface area contributed by atoms with Crippen LogP contribution in [0.2, 0.25) is 0 Å². The number of urea groups is 1. The minimum atomic E-state index is -0.399. The number of nitrogens with one attached hydrogen (secondary N) is 1. The molecule has 1 aliphatic heterocycles. The maximum absolute atomic E-state index is 11.3. The van der Waals surface area contributed by atoms with Gasteiger partial charge in [-0.2, -0.15) is 0 Å². The molecule has 74 valence electrons. The highest BCUT2D eigenvalue weighted by Gasteiger charge is 2.21. The molecule has 0 unspecified atom stereocenters. The third-order valence-electron chi connectivity index (χ3n) is 2.08. The molecule has 1 aliphatic rings. The molecule has 6 heteroatoms. The fourth-order valence-corrected chi connectivity index (χ4v) is 1.25. The third-order valence-corrected chi connectivity index (χ3v) is 2.08. The van der Waals surface area contributed by atoms with Gasteiger partial charge in [0.15, 0.2) is 0 Å². The van der Waals surface area contributed by atoms with Gasteiger partial charge in [-0.15, -0.1) is 0 Å². The van der Waals surface area contributed by atoms with Crippen molar-refractivity contribution in [1.29, 1.82) is 0 Å². The van der Waals surface area contributed by atoms with Gasteiger partial charge in [0.25, 0.3) is 0 Å². The van der Waals surface area contributed by atoms with Crippen molar-refractivity contribution in [3.63, 3.8) is 0 Å². The van der Waals surface area contributed by atoms with Crippen LogP contribution in [0.3, 0.4) is 0 Å². The first-order valence-corrected chi connectivity index (χ1v) is 4.14. The average molecular weight is 186 g/mol. The van der Waals surface area contributed by atoms with Crippen LogP contribution in [-0.2, 0) is 4.79 Å². The van der Waals surface area contributed by atoms with Crippen LogP contribution < -0.4 is 11.3 Å². The van der Waals surface area contributed by atoms with Crippen molar-refractivity contribution in [3.05, 3.63) is 0 Å². The third kappa shape index (κ3) is 2.32. The van der Waals surface area contributed by atoms with Crippen molar-refractivity contribution in [3.8, 4) is 0 Å². The van der Waals surface area contributed by atoms with E-state index in [1.165, 1.54) is 4.90 Å². The monoisotopic (exact) mass is 186 g/mol. The van der Waals surface area contributed by atoms with Crippen LogP contribution in [-0.4, -0.2) is 48.4 Å². The lowest BCUT2D eigenvalue weighted by atomic mass is 10.4. The molecule has 6 nitrogen and oxygen atoms in total. The van der Waals surface area contributed by atoms with Crippen molar-refractivity contribution >= 4 is 11.9 Å². The normalized spacial score (nSPS) is 18.5. The SMILES string of the molecule is CN1CCCN(C(=O)NN)CC1=O. The van der Waals surface area contributed by atoms with E-state index < -0.39 is 6.03 Å². The highest BCUT2D eigenvalue weighted by atomic mass is 16.2. The van der Waals surface area contributed by atoms with Gasteiger partial charge in [-0.25, -0.2) is 10.6 Å². The van der Waals surface area contributed by atoms with Crippen molar-refractivity contribution < 1.29 is 9.59 Å². The molecule has 0 saturated carbocycles. The molecule has 0 aliphatic carbocycles. The fraction of sp³-hybridized carbons (Fsp3) is 0.714. The standard InChI is InChI=1S/C7H14N4O2/c1-10-3-2-4-11(5-6(10)12)7(13)9-8/h2-5,8H2,1H3,(H,9,13). The molecule has 1 fully saturated rings. The van der Waals surface area contributed by atoms with E-state index in [1.807, 2.05) is 5.43 Å². The predicted octanol–water partition coefficient (Wildman–Crippen LogP) is -1.27. The predicted molar refractivity (Wildman–Crippen MR) is 46.5 cm³/mol. The lowest BCUT2D eigenvalue weighted by Gasteiger charge is -2.18. The molecule has 13 heavy (non-hydrogen) atoms. The second-order valence-electron chi connectivity index (χ2n) is 3.04. The molecule has 0 aromatic heterocycles. The van der Waals surface area contributed by atoms with E-state index in [4.69, 9.17) is 5.84 Å². The van der Waals surface area contributed by atoms with E-state index in [9.17, 15) is 9.59 Å². The van der Waals surface area contributed by atoms with E-state index in [1.54, 1.807) is 11.9 Å². The molecule has 3 amide bonds. The number of hydrogen-bond donors (Lipinski definition) is 2. The van der Waals surface area contributed by atoms with Crippen LogP contribution in [0.25, 0.3) is 0 Å². The molecule has 0 spiro atoms. The zero-order chi connectivity index (χ0) is 9.84. The molecule has 1 rings (SSSR count). The Balaban J connectivity index is 2.59. The van der Waals surface area contributed by atoms with Gasteiger partial charge in [-0.3, -0.25) is 10.2 Å². The van der Waals surface area contributed by atoms with Gasteiger partial charge in [0, 0.05) is 20.1 Å². The molecule has 0 radical (unpaired) electrons. The number of carbonyl (C=O) groups excluding carboxylic acids is 2. The number of rotatable bonds is 0. The molecule has 1 heterocycles. The Labute approximate surface area is 76.6 Å². The molecule has 0 aromatic carbocycles. The summed E-state index contributed by atoms with van der Waals surface area (Å²) >= 11 is 0. The first-order chi connectivity index (χ1) is 6.15. The molecule has 3 N–H and O–H groups in total. The van der Waals surface area contributed by atoms with Crippen LogP contribution in [0.4, 0.5) is 4.79 Å². The molecular weight excluding hydrogens is 172 g/mol. The van der Waals surface area contributed by atoms with E-state index in [0.29, 0.717) is 13.1 Å². The van der Waals surface area contributed by atoms with Gasteiger partial charge in [0.2, 0.25) is 5.91 Å². The summed E-state index contributed by atoms with van der Waals surface area (Å²) in [4.78, 5) is 25.4. The maximum atomic E-state index is 11.3. The summed E-state index contributed by atoms with van der Waals surface area (Å²) in [6.45, 7) is 1.37. The first-order valence-electron chi connectivity index (χ1n) is 4.14. The number of hydrazine groups is 1. The van der Waals surface area contributed by atoms with Crippen molar-refractivity contribution in [2.24, 2.45) is 5.84 Å². The van der Waals surface area contributed by atoms with E-state index >= 15 is 0 Å². The lowest BCUT2D eigenvalue weighted by Crippen LogP contribution is -2.46. The topological polar surface area (TPSA) is 78.7 Å². The van der Waals surface area contributed by atoms with Gasteiger partial charge >= 0.3 is 6.03 Å². The zero-order valence-electron chi connectivity index (χ0n) is 7.62. The number of nitrogens with zero attached hydrogens (tertiary/aromatic N) is 2. The Morgan fingerprint density at radius 3 is 2.85 bits per heavy atom. The van der Waals surface area contributed by atoms with Gasteiger partial charge < -0.3 is 9.80 Å². The summed E-state index contributed by atoms with van der Waals surface area (Å²) in [5.74, 6) is 4.91. The summed E-state index contributed by atoms with van der Waals surface area (Å²) < 4.78 is 0. The maximum Gasteiger partial charge on any atom is 0.331 e. The molecular formula is C7H14N4O2. The zero-order valence-corrected chi connectivity index (χ0v) is 7.62. The van der Waals surface area contributed by atoms with Crippen LogP contribution in [0.5, 0.6) is 0 Å². The number of hydrogen-bond acceptors (Lipinski definition) is 3. The van der Waals surface area contributed by atoms with Gasteiger partial charge in [0.05, 0.1) is 0 Å². The minimum absolute atomic E-state index is 0.0545. The second-order valence-corrected chi connectivity index (χ2v) is 3.04. The van der Waals surface area contributed by atoms with E-state index in [-0.39, 0.29) is 12.5 Å². The van der Waals surface area contributed by atoms with Crippen LogP contribution in [0, 0.1) is 0 Å². The molecule has 0 atom stereocenters. The number of amides is 3. The van der Waals surface area contributed by atoms with Crippen molar-refractivity contribution in [2.75, 3.05) is 26.7 Å². The van der Waals surface area contributed by atoms with Gasteiger partial charge in [-0.05, 0) is 6.42 Å². The Morgan fingerprint density at radius 2 is 2.23 bits per heavy atom. The van der Waals surface area contributed by atoms with Crippen LogP contribution in [0.1, 0.15) is 6.42 Å². The Hall–Kier alpha value is -1.30. The molecule has 0 aromatic rings. The Bertz CT molecular complexity index is 219. The average Bonchev–Trinajstić information content (AvgIpc) is 2.28. The van der Waals surface area contributed by atoms with Crippen molar-refractivity contribution in [1.82, 2.24) is 15.2 Å². The number of carbonyl (C=O) groups is 2. The summed E-state index contributed by atoms with van der Waals surface area (Å²) in [5.41, 5.74) is 2.01. The van der Waals surface area contributed by atoms with E-state index in [0.717, 1.165) is 6.42 Å². The smallest absolute Gasteiger partial charge is 0.331 e. The fourth-order valence-electron chi connectivity index (χ4n) is 1.25. The van der Waals surface area contributed by atoms with Gasteiger partial charge in [-0.1, -0.05) is 0 Å². The largest absolute Gasteiger partial charge is 0.344 e. The summed E-state index contributed by atoms with van der Waals surface area (Å²) in [6, 6.07) is -0.399. The highest BCUT2D eigenvalue weighted by Crippen LogP contribution is 2.01. The summed E-state index contributed by atoms with van der Waals surface area (Å²) in [7, 11) is 1.73. The first kappa shape index (κ1) is 9.79. The van der Waals surface area contributed by atoms with Crippen LogP contribution in [0.15, 0.2) is 0 Å². The Morgan fingerprint density at radius 1 is 1.54 bits per heavy atom. The van der Waals surface area contributed by atoms with Crippen molar-refractivity contribution in [2.45, 2.75) is 6.42 Å². The summed E-state index contributed by atoms with van der Waals surface area (Å²) in [5, 5.41) is 0. The van der Waals surface area contributed by atoms with Gasteiger partial charge in [0.1, 0.15) is 6.54 Å². The molecule has 0 bridgehead atoms.